The SMILES string of the molecule is O=C(O)CC1CN(C(=O)CC2CCCCC2NC(=O)OCC2c3ccccc3-c3ccccc32)C1. The highest BCUT2D eigenvalue weighted by molar-refractivity contribution is 5.79. The van der Waals surface area contributed by atoms with Crippen molar-refractivity contribution >= 4 is 18.0 Å². The number of benzene rings is 2. The van der Waals surface area contributed by atoms with Crippen LogP contribution in [0.25, 0.3) is 11.1 Å². The van der Waals surface area contributed by atoms with Gasteiger partial charge >= 0.3 is 12.1 Å². The molecule has 3 aliphatic rings. The van der Waals surface area contributed by atoms with Gasteiger partial charge in [-0.25, -0.2) is 4.79 Å². The number of aliphatic carboxylic acids is 1. The molecule has 0 bridgehead atoms. The van der Waals surface area contributed by atoms with E-state index in [1.54, 1.807) is 4.90 Å². The molecule has 2 N–H and O–H groups in total. The number of likely N-dealkylation sites (tertiary alicyclic amines) is 1. The molecule has 1 heterocycles. The number of carbonyl (C=O) groups excluding carboxylic acids is 2. The average Bonchev–Trinajstić information content (AvgIpc) is 3.14. The van der Waals surface area contributed by atoms with Gasteiger partial charge in [-0.05, 0) is 41.0 Å². The van der Waals surface area contributed by atoms with Crippen molar-refractivity contribution in [3.8, 4) is 11.1 Å². The van der Waals surface area contributed by atoms with E-state index in [1.807, 2.05) is 24.3 Å². The predicted molar refractivity (Wildman–Crippen MR) is 131 cm³/mol. The molecule has 0 radical (unpaired) electrons. The van der Waals surface area contributed by atoms with E-state index in [0.717, 1.165) is 25.7 Å². The Labute approximate surface area is 205 Å². The third-order valence-corrected chi connectivity index (χ3v) is 7.77. The number of rotatable bonds is 7. The van der Waals surface area contributed by atoms with E-state index in [1.165, 1.54) is 22.3 Å². The highest BCUT2D eigenvalue weighted by Crippen LogP contribution is 2.44. The number of nitrogens with zero attached hydrogens (tertiary/aromatic N) is 1. The molecule has 0 spiro atoms. The number of carboxylic acids is 1. The second kappa shape index (κ2) is 10.1. The Bertz CT molecular complexity index is 1060. The Morgan fingerprint density at radius 1 is 0.914 bits per heavy atom. The molecule has 2 aromatic rings. The lowest BCUT2D eigenvalue weighted by Gasteiger charge is -2.40. The summed E-state index contributed by atoms with van der Waals surface area (Å²) >= 11 is 0. The highest BCUT2D eigenvalue weighted by Gasteiger charge is 2.36. The van der Waals surface area contributed by atoms with Crippen molar-refractivity contribution in [3.05, 3.63) is 59.7 Å². The standard InChI is InChI=1S/C28H32N2O5/c31-26(30-15-18(16-30)13-27(32)33)14-19-7-1-6-12-25(19)29-28(34)35-17-24-22-10-4-2-8-20(22)21-9-3-5-11-23(21)24/h2-5,8-11,18-19,24-25H,1,6-7,12-17H2,(H,29,34)(H,32,33). The van der Waals surface area contributed by atoms with Crippen molar-refractivity contribution in [2.75, 3.05) is 19.7 Å². The number of carbonyl (C=O) groups is 3. The van der Waals surface area contributed by atoms with Gasteiger partial charge in [0.1, 0.15) is 6.61 Å². The van der Waals surface area contributed by atoms with Gasteiger partial charge in [-0.2, -0.15) is 0 Å². The van der Waals surface area contributed by atoms with Gasteiger partial charge in [0.25, 0.3) is 0 Å². The molecule has 1 saturated carbocycles. The van der Waals surface area contributed by atoms with E-state index < -0.39 is 12.1 Å². The highest BCUT2D eigenvalue weighted by atomic mass is 16.5. The molecular weight excluding hydrogens is 444 g/mol. The van der Waals surface area contributed by atoms with Crippen molar-refractivity contribution in [1.82, 2.24) is 10.2 Å². The van der Waals surface area contributed by atoms with Crippen LogP contribution in [0, 0.1) is 11.8 Å². The molecule has 2 aromatic carbocycles. The second-order valence-corrected chi connectivity index (χ2v) is 10.1. The molecule has 184 valence electrons. The Morgan fingerprint density at radius 2 is 1.54 bits per heavy atom. The molecule has 1 aliphatic heterocycles. The summed E-state index contributed by atoms with van der Waals surface area (Å²) in [7, 11) is 0. The minimum Gasteiger partial charge on any atom is -0.481 e. The Kier molecular flexibility index (Phi) is 6.75. The van der Waals surface area contributed by atoms with E-state index >= 15 is 0 Å². The molecule has 7 heteroatoms. The Balaban J connectivity index is 1.15. The number of hydrogen-bond donors (Lipinski definition) is 2. The lowest BCUT2D eigenvalue weighted by Crippen LogP contribution is -2.52. The van der Waals surface area contributed by atoms with Crippen LogP contribution in [0.3, 0.4) is 0 Å². The van der Waals surface area contributed by atoms with Gasteiger partial charge in [-0.15, -0.1) is 0 Å². The molecular formula is C28H32N2O5. The topological polar surface area (TPSA) is 95.9 Å². The zero-order valence-corrected chi connectivity index (χ0v) is 19.8. The van der Waals surface area contributed by atoms with Crippen LogP contribution in [0.5, 0.6) is 0 Å². The Morgan fingerprint density at radius 3 is 2.20 bits per heavy atom. The quantitative estimate of drug-likeness (QED) is 0.617. The first-order valence-electron chi connectivity index (χ1n) is 12.6. The summed E-state index contributed by atoms with van der Waals surface area (Å²) in [6.45, 7) is 1.31. The van der Waals surface area contributed by atoms with Crippen LogP contribution >= 0.6 is 0 Å². The van der Waals surface area contributed by atoms with Gasteiger partial charge in [0, 0.05) is 37.4 Å². The molecule has 0 aromatic heterocycles. The van der Waals surface area contributed by atoms with Crippen molar-refractivity contribution in [1.29, 1.82) is 0 Å². The number of fused-ring (bicyclic) bond motifs is 3. The van der Waals surface area contributed by atoms with Crippen LogP contribution in [0.2, 0.25) is 0 Å². The van der Waals surface area contributed by atoms with Crippen LogP contribution in [0.15, 0.2) is 48.5 Å². The monoisotopic (exact) mass is 476 g/mol. The molecule has 1 saturated heterocycles. The molecule has 2 fully saturated rings. The normalized spacial score (nSPS) is 21.5. The second-order valence-electron chi connectivity index (χ2n) is 10.1. The van der Waals surface area contributed by atoms with Gasteiger partial charge in [0.05, 0.1) is 6.42 Å². The third kappa shape index (κ3) is 5.04. The van der Waals surface area contributed by atoms with Crippen LogP contribution in [-0.4, -0.2) is 53.7 Å². The minimum atomic E-state index is -0.818. The Hall–Kier alpha value is -3.35. The van der Waals surface area contributed by atoms with Gasteiger partial charge in [-0.1, -0.05) is 61.4 Å². The molecule has 7 nitrogen and oxygen atoms in total. The van der Waals surface area contributed by atoms with Gasteiger partial charge in [-0.3, -0.25) is 9.59 Å². The maximum absolute atomic E-state index is 12.8. The zero-order chi connectivity index (χ0) is 24.4. The molecule has 2 amide bonds. The number of ether oxygens (including phenoxy) is 1. The van der Waals surface area contributed by atoms with E-state index in [0.29, 0.717) is 19.5 Å². The van der Waals surface area contributed by atoms with Gasteiger partial charge in [0.15, 0.2) is 0 Å². The summed E-state index contributed by atoms with van der Waals surface area (Å²) in [5.41, 5.74) is 4.75. The van der Waals surface area contributed by atoms with E-state index in [9.17, 15) is 14.4 Å². The summed E-state index contributed by atoms with van der Waals surface area (Å²) in [6.07, 6.45) is 3.86. The fourth-order valence-corrected chi connectivity index (χ4v) is 5.94. The van der Waals surface area contributed by atoms with E-state index in [-0.39, 0.29) is 42.7 Å². The van der Waals surface area contributed by atoms with Crippen LogP contribution in [0.4, 0.5) is 4.79 Å². The average molecular weight is 477 g/mol. The summed E-state index contributed by atoms with van der Waals surface area (Å²) in [5.74, 6) is -0.616. The number of amides is 2. The third-order valence-electron chi connectivity index (χ3n) is 7.77. The first-order valence-corrected chi connectivity index (χ1v) is 12.6. The summed E-state index contributed by atoms with van der Waals surface area (Å²) < 4.78 is 5.73. The lowest BCUT2D eigenvalue weighted by atomic mass is 9.81. The molecule has 2 atom stereocenters. The van der Waals surface area contributed by atoms with Crippen molar-refractivity contribution in [2.24, 2.45) is 11.8 Å². The number of carboxylic acid groups (broad SMARTS) is 1. The van der Waals surface area contributed by atoms with Crippen molar-refractivity contribution in [2.45, 2.75) is 50.5 Å². The zero-order valence-electron chi connectivity index (χ0n) is 19.8. The lowest BCUT2D eigenvalue weighted by molar-refractivity contribution is -0.145. The van der Waals surface area contributed by atoms with Crippen LogP contribution in [0.1, 0.15) is 55.6 Å². The maximum atomic E-state index is 12.8. The predicted octanol–water partition coefficient (Wildman–Crippen LogP) is 4.41. The van der Waals surface area contributed by atoms with Crippen molar-refractivity contribution in [3.63, 3.8) is 0 Å². The smallest absolute Gasteiger partial charge is 0.407 e. The number of nitrogens with one attached hydrogen (secondary N) is 1. The molecule has 5 rings (SSSR count). The molecule has 35 heavy (non-hydrogen) atoms. The van der Waals surface area contributed by atoms with Crippen LogP contribution < -0.4 is 5.32 Å². The largest absolute Gasteiger partial charge is 0.481 e. The number of alkyl carbamates (subject to hydrolysis) is 1. The van der Waals surface area contributed by atoms with Gasteiger partial charge < -0.3 is 20.1 Å². The molecule has 2 unspecified atom stereocenters. The van der Waals surface area contributed by atoms with E-state index in [4.69, 9.17) is 9.84 Å². The first kappa shape index (κ1) is 23.4. The first-order chi connectivity index (χ1) is 17.0. The summed E-state index contributed by atoms with van der Waals surface area (Å²) in [4.78, 5) is 38.1. The fraction of sp³-hybridized carbons (Fsp3) is 0.464. The van der Waals surface area contributed by atoms with Crippen molar-refractivity contribution < 1.29 is 24.2 Å². The molecule has 2 aliphatic carbocycles. The maximum Gasteiger partial charge on any atom is 0.407 e. The number of hydrogen-bond acceptors (Lipinski definition) is 4. The van der Waals surface area contributed by atoms with Crippen LogP contribution in [-0.2, 0) is 14.3 Å². The fourth-order valence-electron chi connectivity index (χ4n) is 5.94. The van der Waals surface area contributed by atoms with E-state index in [2.05, 4.69) is 29.6 Å². The van der Waals surface area contributed by atoms with Gasteiger partial charge in [0.2, 0.25) is 5.91 Å². The minimum absolute atomic E-state index is 0.0158. The summed E-state index contributed by atoms with van der Waals surface area (Å²) in [6, 6.07) is 16.4. The summed E-state index contributed by atoms with van der Waals surface area (Å²) in [5, 5.41) is 12.0.